The molecule has 0 amide bonds. The number of ether oxygens (including phenoxy) is 1. The molecule has 0 aliphatic heterocycles. The average molecular weight is 343 g/mol. The van der Waals surface area contributed by atoms with Crippen LogP contribution in [-0.2, 0) is 16.6 Å². The van der Waals surface area contributed by atoms with Gasteiger partial charge in [-0.05, 0) is 18.6 Å². The Morgan fingerprint density at radius 3 is 2.38 bits per heavy atom. The highest BCUT2D eigenvalue weighted by atomic mass is 32.2. The van der Waals surface area contributed by atoms with Crippen LogP contribution >= 0.6 is 0 Å². The second-order valence-corrected chi connectivity index (χ2v) is 6.84. The zero-order valence-corrected chi connectivity index (χ0v) is 13.9. The number of benzene rings is 2. The lowest BCUT2D eigenvalue weighted by Gasteiger charge is -2.11. The standard InChI is InChI=1S/C18H17NO4S/c1-13-15(11-18(23-13)24(19,20)21)12-22-17-10-6-5-9-16(17)14-7-3-2-4-8-14/h2-11H,12H2,1H3,(H2,19,20,21). The first-order valence-corrected chi connectivity index (χ1v) is 8.89. The van der Waals surface area contributed by atoms with Crippen LogP contribution in [0, 0.1) is 6.92 Å². The summed E-state index contributed by atoms with van der Waals surface area (Å²) in [5.74, 6) is 1.18. The van der Waals surface area contributed by atoms with Crippen molar-refractivity contribution in [3.63, 3.8) is 0 Å². The topological polar surface area (TPSA) is 82.5 Å². The minimum atomic E-state index is -3.86. The highest BCUT2D eigenvalue weighted by Gasteiger charge is 2.17. The first-order valence-electron chi connectivity index (χ1n) is 7.34. The van der Waals surface area contributed by atoms with Crippen molar-refractivity contribution in [1.82, 2.24) is 0 Å². The largest absolute Gasteiger partial charge is 0.488 e. The second-order valence-electron chi connectivity index (χ2n) is 5.34. The van der Waals surface area contributed by atoms with E-state index in [2.05, 4.69) is 0 Å². The monoisotopic (exact) mass is 343 g/mol. The van der Waals surface area contributed by atoms with Crippen LogP contribution in [0.4, 0.5) is 0 Å². The van der Waals surface area contributed by atoms with Crippen LogP contribution in [0.25, 0.3) is 11.1 Å². The Balaban J connectivity index is 1.85. The second kappa shape index (κ2) is 6.51. The highest BCUT2D eigenvalue weighted by Crippen LogP contribution is 2.30. The van der Waals surface area contributed by atoms with E-state index in [4.69, 9.17) is 14.3 Å². The Kier molecular flexibility index (Phi) is 4.42. The van der Waals surface area contributed by atoms with E-state index in [-0.39, 0.29) is 11.7 Å². The third-order valence-corrected chi connectivity index (χ3v) is 4.40. The lowest BCUT2D eigenvalue weighted by Crippen LogP contribution is -2.10. The van der Waals surface area contributed by atoms with Crippen molar-refractivity contribution in [2.75, 3.05) is 0 Å². The maximum absolute atomic E-state index is 11.4. The number of primary sulfonamides is 1. The van der Waals surface area contributed by atoms with Crippen molar-refractivity contribution in [3.8, 4) is 16.9 Å². The highest BCUT2D eigenvalue weighted by molar-refractivity contribution is 7.89. The summed E-state index contributed by atoms with van der Waals surface area (Å²) < 4.78 is 33.8. The molecule has 0 atom stereocenters. The average Bonchev–Trinajstić information content (AvgIpc) is 2.95. The van der Waals surface area contributed by atoms with Gasteiger partial charge in [0.25, 0.3) is 10.0 Å². The Labute approximate surface area is 140 Å². The van der Waals surface area contributed by atoms with Crippen LogP contribution in [0.15, 0.2) is 70.2 Å². The van der Waals surface area contributed by atoms with Gasteiger partial charge in [-0.3, -0.25) is 0 Å². The third-order valence-electron chi connectivity index (χ3n) is 3.63. The summed E-state index contributed by atoms with van der Waals surface area (Å²) in [4.78, 5) is 0. The zero-order chi connectivity index (χ0) is 17.2. The normalized spacial score (nSPS) is 11.4. The van der Waals surface area contributed by atoms with Crippen molar-refractivity contribution < 1.29 is 17.6 Å². The Bertz CT molecular complexity index is 946. The lowest BCUT2D eigenvalue weighted by atomic mass is 10.1. The molecule has 5 nitrogen and oxygen atoms in total. The molecule has 2 aromatic carbocycles. The Morgan fingerprint density at radius 2 is 1.71 bits per heavy atom. The predicted octanol–water partition coefficient (Wildman–Crippen LogP) is 3.48. The van der Waals surface area contributed by atoms with E-state index in [0.29, 0.717) is 17.1 Å². The molecule has 2 N–H and O–H groups in total. The zero-order valence-electron chi connectivity index (χ0n) is 13.1. The number of hydrogen-bond donors (Lipinski definition) is 1. The maximum atomic E-state index is 11.4. The molecule has 6 heteroatoms. The fraction of sp³-hybridized carbons (Fsp3) is 0.111. The van der Waals surface area contributed by atoms with Gasteiger partial charge in [0.1, 0.15) is 18.1 Å². The van der Waals surface area contributed by atoms with Gasteiger partial charge in [0.05, 0.1) is 0 Å². The van der Waals surface area contributed by atoms with Gasteiger partial charge in [0.15, 0.2) is 0 Å². The van der Waals surface area contributed by atoms with E-state index in [0.717, 1.165) is 11.1 Å². The van der Waals surface area contributed by atoms with Crippen LogP contribution in [0.1, 0.15) is 11.3 Å². The van der Waals surface area contributed by atoms with Gasteiger partial charge in [0, 0.05) is 17.2 Å². The number of furan rings is 1. The van der Waals surface area contributed by atoms with Crippen LogP contribution in [-0.4, -0.2) is 8.42 Å². The molecule has 0 unspecified atom stereocenters. The molecule has 3 rings (SSSR count). The van der Waals surface area contributed by atoms with Gasteiger partial charge >= 0.3 is 0 Å². The molecule has 124 valence electrons. The minimum Gasteiger partial charge on any atom is -0.488 e. The smallest absolute Gasteiger partial charge is 0.271 e. The molecular weight excluding hydrogens is 326 g/mol. The van der Waals surface area contributed by atoms with Crippen molar-refractivity contribution in [2.24, 2.45) is 5.14 Å². The van der Waals surface area contributed by atoms with Crippen LogP contribution in [0.5, 0.6) is 5.75 Å². The van der Waals surface area contributed by atoms with Crippen LogP contribution in [0.2, 0.25) is 0 Å². The summed E-state index contributed by atoms with van der Waals surface area (Å²) in [6, 6.07) is 19.0. The summed E-state index contributed by atoms with van der Waals surface area (Å²) in [6.07, 6.45) is 0. The van der Waals surface area contributed by atoms with Crippen molar-refractivity contribution >= 4 is 10.0 Å². The van der Waals surface area contributed by atoms with E-state index in [1.54, 1.807) is 6.92 Å². The minimum absolute atomic E-state index is 0.189. The van der Waals surface area contributed by atoms with Crippen molar-refractivity contribution in [2.45, 2.75) is 18.6 Å². The Morgan fingerprint density at radius 1 is 1.04 bits per heavy atom. The van der Waals surface area contributed by atoms with Crippen molar-refractivity contribution in [3.05, 3.63) is 72.0 Å². The molecule has 0 saturated heterocycles. The molecule has 0 saturated carbocycles. The van der Waals surface area contributed by atoms with Crippen LogP contribution < -0.4 is 9.88 Å². The summed E-state index contributed by atoms with van der Waals surface area (Å²) in [6.45, 7) is 1.87. The van der Waals surface area contributed by atoms with E-state index in [1.807, 2.05) is 54.6 Å². The molecule has 0 fully saturated rings. The molecule has 0 spiro atoms. The lowest BCUT2D eigenvalue weighted by molar-refractivity contribution is 0.304. The molecule has 3 aromatic rings. The Hall–Kier alpha value is -2.57. The number of hydrogen-bond acceptors (Lipinski definition) is 4. The molecule has 0 radical (unpaired) electrons. The predicted molar refractivity (Wildman–Crippen MR) is 91.0 cm³/mol. The van der Waals surface area contributed by atoms with E-state index in [9.17, 15) is 8.42 Å². The molecular formula is C18H17NO4S. The van der Waals surface area contributed by atoms with Crippen LogP contribution in [0.3, 0.4) is 0 Å². The maximum Gasteiger partial charge on any atom is 0.271 e. The third kappa shape index (κ3) is 3.50. The van der Waals surface area contributed by atoms with Crippen molar-refractivity contribution in [1.29, 1.82) is 0 Å². The van der Waals surface area contributed by atoms with Gasteiger partial charge in [-0.15, -0.1) is 0 Å². The number of nitrogens with two attached hydrogens (primary N) is 1. The molecule has 0 bridgehead atoms. The van der Waals surface area contributed by atoms with Gasteiger partial charge in [0.2, 0.25) is 5.09 Å². The summed E-state index contributed by atoms with van der Waals surface area (Å²) in [7, 11) is -3.86. The summed E-state index contributed by atoms with van der Waals surface area (Å²) >= 11 is 0. The van der Waals surface area contributed by atoms with Gasteiger partial charge in [-0.1, -0.05) is 48.5 Å². The van der Waals surface area contributed by atoms with Gasteiger partial charge in [-0.2, -0.15) is 0 Å². The molecule has 24 heavy (non-hydrogen) atoms. The fourth-order valence-corrected chi connectivity index (χ4v) is 2.93. The first kappa shape index (κ1) is 16.3. The summed E-state index contributed by atoms with van der Waals surface area (Å²) in [5.41, 5.74) is 2.65. The van der Waals surface area contributed by atoms with Gasteiger partial charge < -0.3 is 9.15 Å². The van der Waals surface area contributed by atoms with Gasteiger partial charge in [-0.25, -0.2) is 13.6 Å². The summed E-state index contributed by atoms with van der Waals surface area (Å²) in [5, 5.41) is 4.83. The quantitative estimate of drug-likeness (QED) is 0.769. The molecule has 1 heterocycles. The number of sulfonamides is 1. The number of para-hydroxylation sites is 1. The van der Waals surface area contributed by atoms with E-state index < -0.39 is 10.0 Å². The number of rotatable bonds is 5. The van der Waals surface area contributed by atoms with E-state index >= 15 is 0 Å². The van der Waals surface area contributed by atoms with E-state index in [1.165, 1.54) is 6.07 Å². The fourth-order valence-electron chi connectivity index (χ4n) is 2.38. The first-order chi connectivity index (χ1) is 11.4. The number of aryl methyl sites for hydroxylation is 1. The molecule has 1 aromatic heterocycles. The SMILES string of the molecule is Cc1oc(S(N)(=O)=O)cc1COc1ccccc1-c1ccccc1. The molecule has 0 aliphatic carbocycles. The molecule has 0 aliphatic rings.